The number of hydrogen-bond acceptors (Lipinski definition) is 5. The minimum Gasteiger partial charge on any atom is -0.394 e. The molecule has 0 aliphatic carbocycles. The molecular weight excluding hydrogens is 566 g/mol. The van der Waals surface area contributed by atoms with Crippen molar-refractivity contribution in [2.45, 2.75) is 83.2 Å². The summed E-state index contributed by atoms with van der Waals surface area (Å²) in [7, 11) is 0. The first-order chi connectivity index (χ1) is 21.6. The number of hydrogen-bond donors (Lipinski definition) is 1. The van der Waals surface area contributed by atoms with Crippen molar-refractivity contribution < 1.29 is 24.2 Å². The van der Waals surface area contributed by atoms with Gasteiger partial charge in [-0.1, -0.05) is 68.5 Å². The first kappa shape index (κ1) is 32.6. The first-order valence-corrected chi connectivity index (χ1v) is 16.2. The summed E-state index contributed by atoms with van der Waals surface area (Å²) in [6, 6.07) is 14.1. The van der Waals surface area contributed by atoms with Gasteiger partial charge in [-0.3, -0.25) is 14.4 Å². The fourth-order valence-corrected chi connectivity index (χ4v) is 8.10. The van der Waals surface area contributed by atoms with Crippen LogP contribution >= 0.6 is 0 Å². The predicted octanol–water partition coefficient (Wildman–Crippen LogP) is 4.96. The molecule has 0 radical (unpaired) electrons. The summed E-state index contributed by atoms with van der Waals surface area (Å²) in [5.41, 5.74) is 1.58. The molecule has 3 amide bonds. The van der Waals surface area contributed by atoms with Gasteiger partial charge < -0.3 is 24.5 Å². The van der Waals surface area contributed by atoms with E-state index in [1.165, 1.54) is 0 Å². The van der Waals surface area contributed by atoms with Crippen LogP contribution < -0.4 is 4.90 Å². The number of benzene rings is 2. The number of carbonyl (C=O) groups excluding carboxylic acids is 3. The molecule has 2 bridgehead atoms. The zero-order valence-corrected chi connectivity index (χ0v) is 27.1. The minimum absolute atomic E-state index is 0.164. The molecule has 2 aromatic rings. The number of carbonyl (C=O) groups is 3. The number of aryl methyl sites for hydroxylation is 2. The third kappa shape index (κ3) is 5.32. The lowest BCUT2D eigenvalue weighted by molar-refractivity contribution is -0.154. The summed E-state index contributed by atoms with van der Waals surface area (Å²) in [4.78, 5) is 49.4. The minimum atomic E-state index is -1.20. The van der Waals surface area contributed by atoms with Crippen molar-refractivity contribution in [3.8, 4) is 0 Å². The lowest BCUT2D eigenvalue weighted by Crippen LogP contribution is -2.59. The Morgan fingerprint density at radius 2 is 1.78 bits per heavy atom. The Morgan fingerprint density at radius 1 is 1.07 bits per heavy atom. The Bertz CT molecular complexity index is 1460. The van der Waals surface area contributed by atoms with E-state index in [-0.39, 0.29) is 30.9 Å². The van der Waals surface area contributed by atoms with E-state index in [4.69, 9.17) is 4.74 Å². The second-order valence-electron chi connectivity index (χ2n) is 12.8. The molecule has 8 heteroatoms. The van der Waals surface area contributed by atoms with E-state index in [0.29, 0.717) is 38.8 Å². The van der Waals surface area contributed by atoms with Crippen molar-refractivity contribution in [3.05, 3.63) is 90.5 Å². The number of aliphatic hydroxyl groups excluding tert-OH is 1. The van der Waals surface area contributed by atoms with Crippen LogP contribution in [-0.4, -0.2) is 75.6 Å². The van der Waals surface area contributed by atoms with Crippen molar-refractivity contribution in [3.63, 3.8) is 0 Å². The number of fused-ring (bicyclic) bond motifs is 1. The van der Waals surface area contributed by atoms with Crippen molar-refractivity contribution in [2.24, 2.45) is 11.8 Å². The largest absolute Gasteiger partial charge is 0.394 e. The van der Waals surface area contributed by atoms with Crippen LogP contribution in [0.15, 0.2) is 73.8 Å². The Labute approximate surface area is 267 Å². The number of amides is 3. The Hall–Kier alpha value is -3.75. The second kappa shape index (κ2) is 12.9. The van der Waals surface area contributed by atoms with Crippen molar-refractivity contribution in [1.82, 2.24) is 9.80 Å². The van der Waals surface area contributed by atoms with Crippen molar-refractivity contribution in [1.29, 1.82) is 0 Å². The normalized spacial score (nSPS) is 27.3. The van der Waals surface area contributed by atoms with E-state index in [1.807, 2.05) is 76.2 Å². The first-order valence-electron chi connectivity index (χ1n) is 16.2. The molecule has 3 aliphatic heterocycles. The van der Waals surface area contributed by atoms with Gasteiger partial charge in [0, 0.05) is 25.3 Å². The summed E-state index contributed by atoms with van der Waals surface area (Å²) >= 11 is 0. The van der Waals surface area contributed by atoms with E-state index < -0.39 is 35.1 Å². The standard InChI is InChI=1S/C37H47N3O5/c1-7-20-38(23-27-14-12-11-13-15-27)33(42)30-31-34(43)40(28(9-3)24-41)32(37(31)19-18-36(30,10-4)45-37)35(44)39(21-8-2)29-22-25(5)16-17-26(29)6/h7-8,11-17,22,28,30-32,41H,1-2,9-10,18-21,23-24H2,3-6H3/t28-,30-,31-,32?,36+,37?/m0/s1. The summed E-state index contributed by atoms with van der Waals surface area (Å²) < 4.78 is 7.03. The van der Waals surface area contributed by atoms with Crippen LogP contribution in [0.4, 0.5) is 5.69 Å². The van der Waals surface area contributed by atoms with Gasteiger partial charge in [0.15, 0.2) is 0 Å². The lowest BCUT2D eigenvalue weighted by Gasteiger charge is -2.39. The summed E-state index contributed by atoms with van der Waals surface area (Å²) in [6.07, 6.45) is 5.42. The van der Waals surface area contributed by atoms with E-state index in [9.17, 15) is 19.5 Å². The van der Waals surface area contributed by atoms with Gasteiger partial charge in [0.25, 0.3) is 5.91 Å². The van der Waals surface area contributed by atoms with Gasteiger partial charge in [-0.2, -0.15) is 0 Å². The van der Waals surface area contributed by atoms with Crippen LogP contribution in [0.2, 0.25) is 0 Å². The SMILES string of the molecule is C=CCN(Cc1ccccc1)C(=O)[C@@H]1[C@H]2C(=O)N([C@@H](CC)CO)C(C(=O)N(CC=C)c3cc(C)ccc3C)C23CC[C@@]1(CC)O3. The Morgan fingerprint density at radius 3 is 2.40 bits per heavy atom. The summed E-state index contributed by atoms with van der Waals surface area (Å²) in [5.74, 6) is -2.35. The van der Waals surface area contributed by atoms with Gasteiger partial charge in [0.05, 0.1) is 30.1 Å². The van der Waals surface area contributed by atoms with Gasteiger partial charge in [-0.25, -0.2) is 0 Å². The van der Waals surface area contributed by atoms with Crippen molar-refractivity contribution >= 4 is 23.4 Å². The number of likely N-dealkylation sites (tertiary alicyclic amines) is 1. The molecule has 240 valence electrons. The molecule has 2 unspecified atom stereocenters. The molecule has 0 saturated carbocycles. The van der Waals surface area contributed by atoms with Gasteiger partial charge in [0.2, 0.25) is 11.8 Å². The predicted molar refractivity (Wildman–Crippen MR) is 175 cm³/mol. The molecule has 3 aliphatic rings. The van der Waals surface area contributed by atoms with Crippen LogP contribution in [0.3, 0.4) is 0 Å². The second-order valence-corrected chi connectivity index (χ2v) is 12.8. The Balaban J connectivity index is 1.63. The molecule has 8 nitrogen and oxygen atoms in total. The molecule has 6 atom stereocenters. The number of aliphatic hydroxyl groups is 1. The van der Waals surface area contributed by atoms with Crippen LogP contribution in [0.5, 0.6) is 0 Å². The molecule has 3 fully saturated rings. The van der Waals surface area contributed by atoms with Crippen LogP contribution in [0, 0.1) is 25.7 Å². The zero-order valence-electron chi connectivity index (χ0n) is 27.1. The molecule has 1 N–H and O–H groups in total. The maximum Gasteiger partial charge on any atom is 0.253 e. The Kier molecular flexibility index (Phi) is 9.38. The van der Waals surface area contributed by atoms with Crippen molar-refractivity contribution in [2.75, 3.05) is 24.6 Å². The van der Waals surface area contributed by atoms with Gasteiger partial charge in [0.1, 0.15) is 11.6 Å². The number of nitrogens with zero attached hydrogens (tertiary/aromatic N) is 3. The van der Waals surface area contributed by atoms with E-state index in [2.05, 4.69) is 13.2 Å². The lowest BCUT2D eigenvalue weighted by atomic mass is 9.64. The van der Waals surface area contributed by atoms with Crippen LogP contribution in [0.1, 0.15) is 56.2 Å². The third-order valence-corrected chi connectivity index (χ3v) is 10.3. The average molecular weight is 614 g/mol. The summed E-state index contributed by atoms with van der Waals surface area (Å²) in [6.45, 7) is 16.3. The molecule has 2 aromatic carbocycles. The molecule has 45 heavy (non-hydrogen) atoms. The maximum atomic E-state index is 15.0. The average Bonchev–Trinajstić information content (AvgIpc) is 3.65. The fraction of sp³-hybridized carbons (Fsp3) is 0.486. The maximum absolute atomic E-state index is 15.0. The molecule has 3 saturated heterocycles. The summed E-state index contributed by atoms with van der Waals surface area (Å²) in [5, 5.41) is 10.5. The smallest absolute Gasteiger partial charge is 0.253 e. The van der Waals surface area contributed by atoms with Gasteiger partial charge >= 0.3 is 0 Å². The molecular formula is C37H47N3O5. The highest BCUT2D eigenvalue weighted by atomic mass is 16.5. The number of rotatable bonds is 13. The highest BCUT2D eigenvalue weighted by Gasteiger charge is 2.79. The number of ether oxygens (including phenoxy) is 1. The third-order valence-electron chi connectivity index (χ3n) is 10.3. The van der Waals surface area contributed by atoms with E-state index >= 15 is 0 Å². The number of anilines is 1. The van der Waals surface area contributed by atoms with Gasteiger partial charge in [-0.15, -0.1) is 13.2 Å². The molecule has 3 heterocycles. The quantitative estimate of drug-likeness (QED) is 0.323. The van der Waals surface area contributed by atoms with E-state index in [0.717, 1.165) is 22.4 Å². The highest BCUT2D eigenvalue weighted by molar-refractivity contribution is 6.05. The molecule has 5 rings (SSSR count). The molecule has 1 spiro atoms. The molecule has 0 aromatic heterocycles. The highest BCUT2D eigenvalue weighted by Crippen LogP contribution is 2.65. The van der Waals surface area contributed by atoms with Crippen LogP contribution in [-0.2, 0) is 25.7 Å². The fourth-order valence-electron chi connectivity index (χ4n) is 8.10. The van der Waals surface area contributed by atoms with Gasteiger partial charge in [-0.05, 0) is 62.3 Å². The topological polar surface area (TPSA) is 90.4 Å². The van der Waals surface area contributed by atoms with E-state index in [1.54, 1.807) is 26.9 Å². The van der Waals surface area contributed by atoms with Crippen LogP contribution in [0.25, 0.3) is 0 Å². The zero-order chi connectivity index (χ0) is 32.5. The monoisotopic (exact) mass is 613 g/mol.